The van der Waals surface area contributed by atoms with Crippen molar-refractivity contribution in [2.75, 3.05) is 4.90 Å². The average Bonchev–Trinajstić information content (AvgIpc) is 3.86. The zero-order valence-corrected chi connectivity index (χ0v) is 32.6. The zero-order valence-electron chi connectivity index (χ0n) is 31.0. The van der Waals surface area contributed by atoms with Crippen molar-refractivity contribution in [2.24, 2.45) is 0 Å². The molecule has 0 unspecified atom stereocenters. The Morgan fingerprint density at radius 3 is 1.30 bits per heavy atom. The summed E-state index contributed by atoms with van der Waals surface area (Å²) in [5.74, 6) is 0. The first-order valence-corrected chi connectivity index (χ1v) is 21.0. The molecule has 3 heteroatoms. The van der Waals surface area contributed by atoms with Gasteiger partial charge in [0.1, 0.15) is 0 Å². The fourth-order valence-electron chi connectivity index (χ4n) is 8.24. The summed E-state index contributed by atoms with van der Waals surface area (Å²) in [7, 11) is 0. The topological polar surface area (TPSA) is 3.24 Å². The highest BCUT2D eigenvalue weighted by molar-refractivity contribution is 7.26. The maximum Gasteiger partial charge on any atom is 0.0640 e. The summed E-state index contributed by atoms with van der Waals surface area (Å²) in [4.78, 5) is 2.43. The van der Waals surface area contributed by atoms with E-state index in [9.17, 15) is 0 Å². The molecule has 0 saturated carbocycles. The van der Waals surface area contributed by atoms with E-state index in [-0.39, 0.29) is 0 Å². The van der Waals surface area contributed by atoms with E-state index in [4.69, 9.17) is 0 Å². The van der Waals surface area contributed by atoms with Crippen molar-refractivity contribution < 1.29 is 0 Å². The molecule has 0 saturated heterocycles. The van der Waals surface area contributed by atoms with Crippen molar-refractivity contribution in [3.8, 4) is 44.5 Å². The lowest BCUT2D eigenvalue weighted by Crippen LogP contribution is -2.10. The van der Waals surface area contributed by atoms with Gasteiger partial charge in [0.25, 0.3) is 0 Å². The minimum Gasteiger partial charge on any atom is -0.309 e. The van der Waals surface area contributed by atoms with Gasteiger partial charge in [0, 0.05) is 47.0 Å². The minimum absolute atomic E-state index is 1.12. The number of hydrogen-bond donors (Lipinski definition) is 0. The van der Waals surface area contributed by atoms with Crippen molar-refractivity contribution >= 4 is 80.1 Å². The number of fused-ring (bicyclic) bond motifs is 6. The molecule has 0 spiro atoms. The van der Waals surface area contributed by atoms with E-state index < -0.39 is 0 Å². The molecular formula is C54H35NS2. The van der Waals surface area contributed by atoms with E-state index in [0.29, 0.717) is 0 Å². The fraction of sp³-hybridized carbons (Fsp3) is 0. The van der Waals surface area contributed by atoms with Crippen LogP contribution in [-0.4, -0.2) is 0 Å². The zero-order chi connectivity index (χ0) is 37.7. The monoisotopic (exact) mass is 761 g/mol. The van der Waals surface area contributed by atoms with Crippen molar-refractivity contribution in [1.82, 2.24) is 0 Å². The van der Waals surface area contributed by atoms with Crippen LogP contribution in [0.5, 0.6) is 0 Å². The van der Waals surface area contributed by atoms with Gasteiger partial charge in [0.05, 0.1) is 10.4 Å². The number of rotatable bonds is 7. The SMILES string of the molecule is c1ccc(-c2cc(-c3ccccc3)cc(-c3ccc(N(c4ccc(-c5ccc6sc7ccccc7c6c5)cc4)c4cccc5c4sc4ccccc45)cc3)c2)cc1. The summed E-state index contributed by atoms with van der Waals surface area (Å²) in [5, 5.41) is 5.23. The van der Waals surface area contributed by atoms with Gasteiger partial charge in [-0.2, -0.15) is 0 Å². The van der Waals surface area contributed by atoms with Crippen LogP contribution in [0, 0.1) is 0 Å². The van der Waals surface area contributed by atoms with Crippen molar-refractivity contribution in [3.05, 3.63) is 212 Å². The van der Waals surface area contributed by atoms with Crippen LogP contribution in [0.2, 0.25) is 0 Å². The number of anilines is 3. The first-order valence-electron chi connectivity index (χ1n) is 19.3. The van der Waals surface area contributed by atoms with E-state index in [1.54, 1.807) is 0 Å². The second-order valence-corrected chi connectivity index (χ2v) is 16.7. The second kappa shape index (κ2) is 14.1. The van der Waals surface area contributed by atoms with Crippen LogP contribution in [0.3, 0.4) is 0 Å². The van der Waals surface area contributed by atoms with E-state index in [1.807, 2.05) is 22.7 Å². The normalized spacial score (nSPS) is 11.5. The maximum absolute atomic E-state index is 2.43. The van der Waals surface area contributed by atoms with Gasteiger partial charge in [-0.25, -0.2) is 0 Å². The molecule has 0 N–H and O–H groups in total. The predicted molar refractivity (Wildman–Crippen MR) is 249 cm³/mol. The van der Waals surface area contributed by atoms with Crippen LogP contribution in [0.15, 0.2) is 212 Å². The molecule has 0 bridgehead atoms. The van der Waals surface area contributed by atoms with E-state index >= 15 is 0 Å². The standard InChI is InChI=1S/C54H35NS2/c1-3-12-36(13-4-1)41-32-42(37-14-5-2-6-15-37)34-43(33-41)39-24-29-45(30-25-39)55(50-19-11-18-48-46-16-7-10-21-52(46)57-54(48)50)44-27-22-38(23-28-44)40-26-31-53-49(35-40)47-17-8-9-20-51(47)56-53/h1-35H. The molecule has 0 fully saturated rings. The smallest absolute Gasteiger partial charge is 0.0640 e. The molecule has 0 aliphatic rings. The Bertz CT molecular complexity index is 3150. The number of nitrogens with zero attached hydrogens (tertiary/aromatic N) is 1. The van der Waals surface area contributed by atoms with Gasteiger partial charge < -0.3 is 4.90 Å². The van der Waals surface area contributed by atoms with Crippen molar-refractivity contribution in [3.63, 3.8) is 0 Å². The van der Waals surface area contributed by atoms with Crippen molar-refractivity contribution in [1.29, 1.82) is 0 Å². The summed E-state index contributed by atoms with van der Waals surface area (Å²) < 4.78 is 5.24. The molecule has 268 valence electrons. The Hall–Kier alpha value is -6.78. The molecule has 0 radical (unpaired) electrons. The lowest BCUT2D eigenvalue weighted by molar-refractivity contribution is 1.30. The number of benzene rings is 9. The molecule has 2 aromatic heterocycles. The molecular weight excluding hydrogens is 727 g/mol. The van der Waals surface area contributed by atoms with Crippen LogP contribution in [0.25, 0.3) is 84.9 Å². The Labute approximate surface area is 340 Å². The summed E-state index contributed by atoms with van der Waals surface area (Å²) >= 11 is 3.73. The summed E-state index contributed by atoms with van der Waals surface area (Å²) in [6.07, 6.45) is 0. The first-order chi connectivity index (χ1) is 28.2. The van der Waals surface area contributed by atoms with Gasteiger partial charge in [0.15, 0.2) is 0 Å². The summed E-state index contributed by atoms with van der Waals surface area (Å²) in [6, 6.07) is 77.6. The Morgan fingerprint density at radius 2 is 0.702 bits per heavy atom. The Balaban J connectivity index is 1.03. The summed E-state index contributed by atoms with van der Waals surface area (Å²) in [5.41, 5.74) is 13.1. The molecule has 9 aromatic carbocycles. The average molecular weight is 762 g/mol. The lowest BCUT2D eigenvalue weighted by Gasteiger charge is -2.26. The highest BCUT2D eigenvalue weighted by atomic mass is 32.1. The minimum atomic E-state index is 1.12. The van der Waals surface area contributed by atoms with Gasteiger partial charge in [-0.3, -0.25) is 0 Å². The molecule has 11 rings (SSSR count). The third kappa shape index (κ3) is 6.09. The molecule has 57 heavy (non-hydrogen) atoms. The summed E-state index contributed by atoms with van der Waals surface area (Å²) in [6.45, 7) is 0. The molecule has 2 heterocycles. The third-order valence-corrected chi connectivity index (χ3v) is 13.4. The van der Waals surface area contributed by atoms with E-state index in [0.717, 1.165) is 11.4 Å². The van der Waals surface area contributed by atoms with Crippen LogP contribution < -0.4 is 4.90 Å². The maximum atomic E-state index is 2.43. The van der Waals surface area contributed by atoms with E-state index in [2.05, 4.69) is 217 Å². The quantitative estimate of drug-likeness (QED) is 0.156. The molecule has 1 nitrogen and oxygen atoms in total. The highest BCUT2D eigenvalue weighted by Crippen LogP contribution is 2.46. The Morgan fingerprint density at radius 1 is 0.263 bits per heavy atom. The lowest BCUT2D eigenvalue weighted by atomic mass is 9.93. The van der Waals surface area contributed by atoms with Gasteiger partial charge in [-0.1, -0.05) is 140 Å². The molecule has 0 amide bonds. The largest absolute Gasteiger partial charge is 0.309 e. The van der Waals surface area contributed by atoms with E-state index in [1.165, 1.54) is 90.5 Å². The fourth-order valence-corrected chi connectivity index (χ4v) is 10.5. The second-order valence-electron chi connectivity index (χ2n) is 14.5. The Kier molecular flexibility index (Phi) is 8.28. The van der Waals surface area contributed by atoms with Gasteiger partial charge in [-0.15, -0.1) is 22.7 Å². The molecule has 0 aliphatic carbocycles. The first kappa shape index (κ1) is 33.5. The van der Waals surface area contributed by atoms with Crippen molar-refractivity contribution in [2.45, 2.75) is 0 Å². The third-order valence-electron chi connectivity index (χ3n) is 11.1. The highest BCUT2D eigenvalue weighted by Gasteiger charge is 2.19. The van der Waals surface area contributed by atoms with Crippen LogP contribution in [-0.2, 0) is 0 Å². The van der Waals surface area contributed by atoms with Gasteiger partial charge in [0.2, 0.25) is 0 Å². The van der Waals surface area contributed by atoms with Crippen LogP contribution >= 0.6 is 22.7 Å². The van der Waals surface area contributed by atoms with Gasteiger partial charge in [-0.05, 0) is 117 Å². The molecule has 0 aliphatic heterocycles. The number of thiophene rings is 2. The van der Waals surface area contributed by atoms with Gasteiger partial charge >= 0.3 is 0 Å². The molecule has 0 atom stereocenters. The number of hydrogen-bond acceptors (Lipinski definition) is 3. The molecule has 11 aromatic rings. The van der Waals surface area contributed by atoms with Crippen LogP contribution in [0.4, 0.5) is 17.1 Å². The predicted octanol–water partition coefficient (Wildman–Crippen LogP) is 16.6. The van der Waals surface area contributed by atoms with Crippen LogP contribution in [0.1, 0.15) is 0 Å².